The largest absolute Gasteiger partial charge is 0.493 e. The summed E-state index contributed by atoms with van der Waals surface area (Å²) in [6, 6.07) is 14.0. The van der Waals surface area contributed by atoms with Crippen LogP contribution in [0.4, 0.5) is 11.4 Å². The van der Waals surface area contributed by atoms with Gasteiger partial charge in [0, 0.05) is 12.3 Å². The van der Waals surface area contributed by atoms with E-state index in [-0.39, 0.29) is 11.8 Å². The number of fused-ring (bicyclic) bond motifs is 1. The molecule has 0 saturated carbocycles. The fourth-order valence-corrected chi connectivity index (χ4v) is 2.69. The molecule has 134 valence electrons. The Bertz CT molecular complexity index is 930. The molecule has 0 amide bonds. The summed E-state index contributed by atoms with van der Waals surface area (Å²) in [5.41, 5.74) is 1.32. The molecule has 0 aliphatic rings. The van der Waals surface area contributed by atoms with E-state index in [0.29, 0.717) is 28.9 Å². The minimum absolute atomic E-state index is 0.0389. The predicted octanol–water partition coefficient (Wildman–Crippen LogP) is 4.03. The maximum absolute atomic E-state index is 11.2. The second-order valence-electron chi connectivity index (χ2n) is 5.75. The zero-order valence-corrected chi connectivity index (χ0v) is 14.5. The number of para-hydroxylation sites is 2. The number of aromatic nitrogens is 1. The van der Waals surface area contributed by atoms with Crippen LogP contribution in [-0.2, 0) is 0 Å². The lowest BCUT2D eigenvalue weighted by Gasteiger charge is -2.18. The molecule has 1 aromatic heterocycles. The third-order valence-electron chi connectivity index (χ3n) is 3.92. The second kappa shape index (κ2) is 7.69. The predicted molar refractivity (Wildman–Crippen MR) is 100.0 cm³/mol. The van der Waals surface area contributed by atoms with E-state index in [4.69, 9.17) is 9.47 Å². The van der Waals surface area contributed by atoms with Gasteiger partial charge in [0.15, 0.2) is 11.5 Å². The van der Waals surface area contributed by atoms with E-state index in [9.17, 15) is 10.1 Å². The average molecular weight is 353 g/mol. The molecule has 7 nitrogen and oxygen atoms in total. The molecule has 0 aliphatic carbocycles. The molecule has 3 rings (SSSR count). The average Bonchev–Trinajstić information content (AvgIpc) is 2.66. The third kappa shape index (κ3) is 3.66. The Kier molecular flexibility index (Phi) is 5.17. The molecule has 7 heteroatoms. The number of pyridine rings is 1. The Morgan fingerprint density at radius 1 is 1.15 bits per heavy atom. The number of anilines is 1. The topological polar surface area (TPSA) is 86.5 Å². The first kappa shape index (κ1) is 17.5. The van der Waals surface area contributed by atoms with Crippen molar-refractivity contribution in [1.82, 2.24) is 4.98 Å². The number of hydrogen-bond donors (Lipinski definition) is 1. The van der Waals surface area contributed by atoms with Crippen LogP contribution >= 0.6 is 0 Å². The van der Waals surface area contributed by atoms with Crippen LogP contribution in [0.1, 0.15) is 6.92 Å². The maximum Gasteiger partial charge on any atom is 0.278 e. The summed E-state index contributed by atoms with van der Waals surface area (Å²) in [5, 5.41) is 14.9. The van der Waals surface area contributed by atoms with E-state index in [1.54, 1.807) is 31.5 Å². The molecular weight excluding hydrogens is 334 g/mol. The smallest absolute Gasteiger partial charge is 0.278 e. The highest BCUT2D eigenvalue weighted by Crippen LogP contribution is 2.30. The van der Waals surface area contributed by atoms with Crippen molar-refractivity contribution in [2.24, 2.45) is 0 Å². The third-order valence-corrected chi connectivity index (χ3v) is 3.92. The molecule has 0 saturated heterocycles. The highest BCUT2D eigenvalue weighted by atomic mass is 16.6. The van der Waals surface area contributed by atoms with Crippen molar-refractivity contribution >= 4 is 22.3 Å². The zero-order chi connectivity index (χ0) is 18.5. The highest BCUT2D eigenvalue weighted by molar-refractivity contribution is 5.96. The number of methoxy groups -OCH3 is 1. The van der Waals surface area contributed by atoms with Gasteiger partial charge in [0.25, 0.3) is 5.69 Å². The van der Waals surface area contributed by atoms with E-state index in [2.05, 4.69) is 10.3 Å². The van der Waals surface area contributed by atoms with Gasteiger partial charge in [-0.3, -0.25) is 15.1 Å². The summed E-state index contributed by atoms with van der Waals surface area (Å²) in [7, 11) is 1.60. The van der Waals surface area contributed by atoms with Crippen LogP contribution in [-0.4, -0.2) is 29.7 Å². The standard InChI is InChI=1S/C19H19N3O4/c1-13(26-18-8-4-3-7-17(18)25-2)12-21-15-9-10-16(22(23)24)14-6-5-11-20-19(14)15/h3-11,13,21H,12H2,1-2H3. The summed E-state index contributed by atoms with van der Waals surface area (Å²) in [6.45, 7) is 2.43. The van der Waals surface area contributed by atoms with Gasteiger partial charge in [-0.1, -0.05) is 12.1 Å². The van der Waals surface area contributed by atoms with Crippen molar-refractivity contribution in [2.75, 3.05) is 19.0 Å². The number of non-ortho nitro benzene ring substituents is 1. The molecule has 1 unspecified atom stereocenters. The van der Waals surface area contributed by atoms with E-state index >= 15 is 0 Å². The van der Waals surface area contributed by atoms with Crippen molar-refractivity contribution < 1.29 is 14.4 Å². The molecule has 0 fully saturated rings. The summed E-state index contributed by atoms with van der Waals surface area (Å²) in [6.07, 6.45) is 1.46. The quantitative estimate of drug-likeness (QED) is 0.510. The van der Waals surface area contributed by atoms with Gasteiger partial charge in [0.2, 0.25) is 0 Å². The van der Waals surface area contributed by atoms with Gasteiger partial charge < -0.3 is 14.8 Å². The molecule has 1 N–H and O–H groups in total. The van der Waals surface area contributed by atoms with Crippen LogP contribution in [0.3, 0.4) is 0 Å². The van der Waals surface area contributed by atoms with Crippen LogP contribution in [0.2, 0.25) is 0 Å². The molecule has 3 aromatic rings. The minimum Gasteiger partial charge on any atom is -0.493 e. The van der Waals surface area contributed by atoms with E-state index < -0.39 is 4.92 Å². The Morgan fingerprint density at radius 2 is 1.92 bits per heavy atom. The fourth-order valence-electron chi connectivity index (χ4n) is 2.69. The van der Waals surface area contributed by atoms with Gasteiger partial charge in [0.1, 0.15) is 11.6 Å². The van der Waals surface area contributed by atoms with Crippen LogP contribution in [0.5, 0.6) is 11.5 Å². The van der Waals surface area contributed by atoms with Crippen molar-refractivity contribution in [3.8, 4) is 11.5 Å². The lowest BCUT2D eigenvalue weighted by molar-refractivity contribution is -0.383. The van der Waals surface area contributed by atoms with Gasteiger partial charge in [-0.2, -0.15) is 0 Å². The first-order valence-electron chi connectivity index (χ1n) is 8.16. The fraction of sp³-hybridized carbons (Fsp3) is 0.211. The zero-order valence-electron chi connectivity index (χ0n) is 14.5. The summed E-state index contributed by atoms with van der Waals surface area (Å²) in [5.74, 6) is 1.33. The first-order valence-corrected chi connectivity index (χ1v) is 8.16. The highest BCUT2D eigenvalue weighted by Gasteiger charge is 2.15. The lowest BCUT2D eigenvalue weighted by Crippen LogP contribution is -2.23. The number of nitrogens with one attached hydrogen (secondary N) is 1. The van der Waals surface area contributed by atoms with E-state index in [1.165, 1.54) is 6.07 Å². The minimum atomic E-state index is -0.402. The number of rotatable bonds is 7. The van der Waals surface area contributed by atoms with Crippen molar-refractivity contribution in [3.05, 3.63) is 64.8 Å². The molecule has 0 spiro atoms. The van der Waals surface area contributed by atoms with Crippen molar-refractivity contribution in [2.45, 2.75) is 13.0 Å². The first-order chi connectivity index (χ1) is 12.6. The Balaban J connectivity index is 1.75. The summed E-state index contributed by atoms with van der Waals surface area (Å²) >= 11 is 0. The Morgan fingerprint density at radius 3 is 2.65 bits per heavy atom. The van der Waals surface area contributed by atoms with Crippen LogP contribution in [0.15, 0.2) is 54.7 Å². The Labute approximate surface area is 150 Å². The molecule has 0 radical (unpaired) electrons. The summed E-state index contributed by atoms with van der Waals surface area (Å²) in [4.78, 5) is 15.1. The molecule has 1 heterocycles. The molecule has 26 heavy (non-hydrogen) atoms. The lowest BCUT2D eigenvalue weighted by atomic mass is 10.1. The normalized spacial score (nSPS) is 11.8. The number of nitrogens with zero attached hydrogens (tertiary/aromatic N) is 2. The van der Waals surface area contributed by atoms with Crippen molar-refractivity contribution in [1.29, 1.82) is 0 Å². The van der Waals surface area contributed by atoms with E-state index in [0.717, 1.165) is 5.69 Å². The summed E-state index contributed by atoms with van der Waals surface area (Å²) < 4.78 is 11.2. The van der Waals surface area contributed by atoms with Crippen LogP contribution < -0.4 is 14.8 Å². The second-order valence-corrected chi connectivity index (χ2v) is 5.75. The van der Waals surface area contributed by atoms with Gasteiger partial charge >= 0.3 is 0 Å². The molecule has 0 bridgehead atoms. The number of ether oxygens (including phenoxy) is 2. The van der Waals surface area contributed by atoms with Gasteiger partial charge in [-0.25, -0.2) is 0 Å². The van der Waals surface area contributed by atoms with E-state index in [1.807, 2.05) is 31.2 Å². The van der Waals surface area contributed by atoms with Gasteiger partial charge in [-0.05, 0) is 37.3 Å². The molecule has 2 aromatic carbocycles. The maximum atomic E-state index is 11.2. The Hall–Kier alpha value is -3.35. The van der Waals surface area contributed by atoms with Gasteiger partial charge in [-0.15, -0.1) is 0 Å². The van der Waals surface area contributed by atoms with Crippen LogP contribution in [0.25, 0.3) is 10.9 Å². The number of hydrogen-bond acceptors (Lipinski definition) is 6. The monoisotopic (exact) mass is 353 g/mol. The molecule has 1 atom stereocenters. The van der Waals surface area contributed by atoms with Gasteiger partial charge in [0.05, 0.1) is 29.7 Å². The molecular formula is C19H19N3O4. The number of benzene rings is 2. The number of nitro benzene ring substituents is 1. The SMILES string of the molecule is COc1ccccc1OC(C)CNc1ccc([N+](=O)[O-])c2cccnc12. The number of nitro groups is 1. The van der Waals surface area contributed by atoms with Crippen LogP contribution in [0, 0.1) is 10.1 Å². The molecule has 0 aliphatic heterocycles. The van der Waals surface area contributed by atoms with Crippen molar-refractivity contribution in [3.63, 3.8) is 0 Å².